The van der Waals surface area contributed by atoms with Crippen LogP contribution in [0, 0.1) is 17.7 Å². The molecule has 0 spiro atoms. The van der Waals surface area contributed by atoms with Crippen LogP contribution >= 0.6 is 0 Å². The summed E-state index contributed by atoms with van der Waals surface area (Å²) in [5.74, 6) is -2.17. The Morgan fingerprint density at radius 1 is 1.12 bits per heavy atom. The molecule has 0 saturated heterocycles. The van der Waals surface area contributed by atoms with E-state index >= 15 is 0 Å². The number of carboxylic acids is 1. The number of carbonyl (C=O) groups is 3. The highest BCUT2D eigenvalue weighted by atomic mass is 19.1. The van der Waals surface area contributed by atoms with E-state index in [0.29, 0.717) is 49.9 Å². The van der Waals surface area contributed by atoms with Crippen molar-refractivity contribution in [2.24, 2.45) is 22.6 Å². The van der Waals surface area contributed by atoms with Gasteiger partial charge in [0.1, 0.15) is 11.5 Å². The number of nitrogens with zero attached hydrogens (tertiary/aromatic N) is 3. The second-order valence-electron chi connectivity index (χ2n) is 8.49. The highest BCUT2D eigenvalue weighted by Gasteiger charge is 2.33. The van der Waals surface area contributed by atoms with E-state index in [1.165, 1.54) is 12.1 Å². The summed E-state index contributed by atoms with van der Waals surface area (Å²) in [4.78, 5) is 40.9. The fraction of sp³-hybridized carbons (Fsp3) is 0.435. The van der Waals surface area contributed by atoms with Gasteiger partial charge in [0.15, 0.2) is 11.5 Å². The van der Waals surface area contributed by atoms with Gasteiger partial charge in [-0.1, -0.05) is 12.1 Å². The van der Waals surface area contributed by atoms with Crippen LogP contribution in [0.5, 0.6) is 0 Å². The van der Waals surface area contributed by atoms with E-state index in [2.05, 4.69) is 10.1 Å². The van der Waals surface area contributed by atoms with Crippen molar-refractivity contribution in [2.45, 2.75) is 45.1 Å². The van der Waals surface area contributed by atoms with Crippen LogP contribution in [0.3, 0.4) is 0 Å². The maximum Gasteiger partial charge on any atom is 0.306 e. The van der Waals surface area contributed by atoms with E-state index in [9.17, 15) is 23.9 Å². The quantitative estimate of drug-likeness (QED) is 0.683. The first-order valence-electron chi connectivity index (χ1n) is 10.8. The molecule has 1 aliphatic carbocycles. The van der Waals surface area contributed by atoms with Gasteiger partial charge in [0.25, 0.3) is 5.91 Å². The number of aromatic nitrogens is 2. The lowest BCUT2D eigenvalue weighted by molar-refractivity contribution is -0.143. The van der Waals surface area contributed by atoms with E-state index in [1.807, 2.05) is 0 Å². The lowest BCUT2D eigenvalue weighted by atomic mass is 9.79. The number of halogens is 1. The average Bonchev–Trinajstić information content (AvgIpc) is 3.14. The van der Waals surface area contributed by atoms with Crippen molar-refractivity contribution < 1.29 is 23.9 Å². The third kappa shape index (κ3) is 4.46. The summed E-state index contributed by atoms with van der Waals surface area (Å²) in [6, 6.07) is 5.92. The van der Waals surface area contributed by atoms with E-state index in [1.54, 1.807) is 16.8 Å². The lowest BCUT2D eigenvalue weighted by Gasteiger charge is -2.26. The van der Waals surface area contributed by atoms with E-state index in [-0.39, 0.29) is 47.8 Å². The maximum atomic E-state index is 13.3. The SMILES string of the molecule is NC(=O)c1nn(Cc2ccc(F)cc2)c2c1CCN=C2C(=O)CC1CCC(C(=O)O)CC1. The number of benzene rings is 1. The van der Waals surface area contributed by atoms with E-state index in [0.717, 1.165) is 5.56 Å². The van der Waals surface area contributed by atoms with Crippen molar-refractivity contribution >= 4 is 23.4 Å². The monoisotopic (exact) mass is 440 g/mol. The first-order chi connectivity index (χ1) is 15.3. The van der Waals surface area contributed by atoms with Crippen LogP contribution in [-0.4, -0.2) is 44.8 Å². The summed E-state index contributed by atoms with van der Waals surface area (Å²) in [5, 5.41) is 13.5. The van der Waals surface area contributed by atoms with Crippen molar-refractivity contribution in [2.75, 3.05) is 6.54 Å². The number of aliphatic carboxylic acids is 1. The van der Waals surface area contributed by atoms with Crippen molar-refractivity contribution in [1.82, 2.24) is 9.78 Å². The first kappa shape index (κ1) is 21.9. The van der Waals surface area contributed by atoms with Gasteiger partial charge in [-0.25, -0.2) is 4.39 Å². The molecule has 0 radical (unpaired) electrons. The maximum absolute atomic E-state index is 13.3. The Kier molecular flexibility index (Phi) is 6.16. The van der Waals surface area contributed by atoms with Gasteiger partial charge < -0.3 is 10.8 Å². The number of hydrogen-bond donors (Lipinski definition) is 2. The predicted octanol–water partition coefficient (Wildman–Crippen LogP) is 2.36. The van der Waals surface area contributed by atoms with Crippen LogP contribution in [0.25, 0.3) is 0 Å². The van der Waals surface area contributed by atoms with Crippen LogP contribution in [0.4, 0.5) is 4.39 Å². The molecule has 32 heavy (non-hydrogen) atoms. The number of nitrogens with two attached hydrogens (primary N) is 1. The second kappa shape index (κ2) is 9.02. The van der Waals surface area contributed by atoms with Crippen molar-refractivity contribution in [3.63, 3.8) is 0 Å². The van der Waals surface area contributed by atoms with Gasteiger partial charge in [0.05, 0.1) is 18.2 Å². The minimum absolute atomic E-state index is 0.107. The average molecular weight is 440 g/mol. The summed E-state index contributed by atoms with van der Waals surface area (Å²) in [7, 11) is 0. The molecular formula is C23H25FN4O4. The summed E-state index contributed by atoms with van der Waals surface area (Å²) in [6.07, 6.45) is 3.24. The van der Waals surface area contributed by atoms with E-state index in [4.69, 9.17) is 5.73 Å². The van der Waals surface area contributed by atoms with Crippen molar-refractivity contribution in [3.8, 4) is 0 Å². The van der Waals surface area contributed by atoms with Crippen LogP contribution in [0.1, 0.15) is 59.4 Å². The first-order valence-corrected chi connectivity index (χ1v) is 10.8. The number of aliphatic imine (C=N–C) groups is 1. The third-order valence-corrected chi connectivity index (χ3v) is 6.32. The molecule has 168 valence electrons. The fourth-order valence-electron chi connectivity index (χ4n) is 4.62. The van der Waals surface area contributed by atoms with Crippen LogP contribution in [0.2, 0.25) is 0 Å². The summed E-state index contributed by atoms with van der Waals surface area (Å²) in [6.45, 7) is 0.605. The molecule has 3 N–H and O–H groups in total. The number of fused-ring (bicyclic) bond motifs is 1. The number of hydrogen-bond acceptors (Lipinski definition) is 5. The minimum Gasteiger partial charge on any atom is -0.481 e. The number of carbonyl (C=O) groups excluding carboxylic acids is 2. The number of amides is 1. The standard InChI is InChI=1S/C23H25FN4O4/c24-16-7-3-14(4-8-16)12-28-21-17(19(27-28)22(25)30)9-10-26-20(21)18(29)11-13-1-5-15(6-2-13)23(31)32/h3-4,7-8,13,15H,1-2,5-6,9-12H2,(H2,25,30)(H,31,32). The molecule has 0 atom stereocenters. The molecule has 1 aromatic carbocycles. The zero-order valence-electron chi connectivity index (χ0n) is 17.6. The number of Topliss-reactive ketones (excluding diaryl/α,β-unsaturated/α-hetero) is 1. The Labute approximate surface area is 184 Å². The van der Waals surface area contributed by atoms with Crippen LogP contribution in [-0.2, 0) is 22.6 Å². The molecule has 2 aliphatic rings. The Morgan fingerprint density at radius 2 is 1.81 bits per heavy atom. The number of primary amides is 1. The largest absolute Gasteiger partial charge is 0.481 e. The van der Waals surface area contributed by atoms with Crippen molar-refractivity contribution in [3.05, 3.63) is 52.6 Å². The van der Waals surface area contributed by atoms with Gasteiger partial charge in [-0.15, -0.1) is 0 Å². The third-order valence-electron chi connectivity index (χ3n) is 6.32. The molecule has 2 aromatic rings. The molecule has 1 saturated carbocycles. The van der Waals surface area contributed by atoms with E-state index < -0.39 is 11.9 Å². The molecule has 2 heterocycles. The molecule has 1 fully saturated rings. The molecule has 8 nitrogen and oxygen atoms in total. The molecule has 1 amide bonds. The summed E-state index contributed by atoms with van der Waals surface area (Å²) >= 11 is 0. The molecule has 1 aromatic heterocycles. The minimum atomic E-state index is -0.778. The molecule has 0 bridgehead atoms. The Bertz CT molecular complexity index is 1080. The Morgan fingerprint density at radius 3 is 2.44 bits per heavy atom. The van der Waals surface area contributed by atoms with Crippen molar-refractivity contribution in [1.29, 1.82) is 0 Å². The van der Waals surface area contributed by atoms with Gasteiger partial charge >= 0.3 is 5.97 Å². The molecule has 0 unspecified atom stereocenters. The van der Waals surface area contributed by atoms with Crippen LogP contribution < -0.4 is 5.73 Å². The molecule has 1 aliphatic heterocycles. The highest BCUT2D eigenvalue weighted by molar-refractivity contribution is 6.46. The van der Waals surface area contributed by atoms with Gasteiger partial charge in [0, 0.05) is 18.5 Å². The summed E-state index contributed by atoms with van der Waals surface area (Å²) in [5.41, 5.74) is 7.83. The van der Waals surface area contributed by atoms with Crippen LogP contribution in [0.15, 0.2) is 29.3 Å². The Balaban J connectivity index is 1.58. The van der Waals surface area contributed by atoms with Gasteiger partial charge in [-0.3, -0.25) is 24.1 Å². The topological polar surface area (TPSA) is 128 Å². The lowest BCUT2D eigenvalue weighted by Crippen LogP contribution is -2.29. The molecule has 4 rings (SSSR count). The Hall–Kier alpha value is -3.36. The smallest absolute Gasteiger partial charge is 0.306 e. The van der Waals surface area contributed by atoms with Gasteiger partial charge in [-0.2, -0.15) is 5.10 Å². The number of carboxylic acid groups (broad SMARTS) is 1. The highest BCUT2D eigenvalue weighted by Crippen LogP contribution is 2.32. The zero-order chi connectivity index (χ0) is 22.8. The number of rotatable bonds is 7. The summed E-state index contributed by atoms with van der Waals surface area (Å²) < 4.78 is 14.8. The molecule has 9 heteroatoms. The number of ketones is 1. The van der Waals surface area contributed by atoms with Gasteiger partial charge in [-0.05, 0) is 55.7 Å². The normalized spacial score (nSPS) is 20.3. The fourth-order valence-corrected chi connectivity index (χ4v) is 4.62. The zero-order valence-corrected chi connectivity index (χ0v) is 17.6. The second-order valence-corrected chi connectivity index (χ2v) is 8.49. The van der Waals surface area contributed by atoms with Gasteiger partial charge in [0.2, 0.25) is 0 Å². The predicted molar refractivity (Wildman–Crippen MR) is 114 cm³/mol. The molecular weight excluding hydrogens is 415 g/mol.